The van der Waals surface area contributed by atoms with Gasteiger partial charge in [-0.3, -0.25) is 4.79 Å². The van der Waals surface area contributed by atoms with Gasteiger partial charge in [0.1, 0.15) is 0 Å². The Kier molecular flexibility index (Phi) is 9.09. The number of ether oxygens (including phenoxy) is 1. The first-order valence-electron chi connectivity index (χ1n) is 6.47. The molecule has 0 aliphatic rings. The molecule has 102 valence electrons. The molecule has 1 amide bonds. The SMILES string of the molecule is COCCNC(=O)C(C)NCC(C)CC(C)C. The van der Waals surface area contributed by atoms with Crippen LogP contribution in [-0.4, -0.2) is 38.8 Å². The Morgan fingerprint density at radius 3 is 2.41 bits per heavy atom. The molecule has 2 N–H and O–H groups in total. The van der Waals surface area contributed by atoms with Gasteiger partial charge in [-0.2, -0.15) is 0 Å². The maximum atomic E-state index is 11.6. The second-order valence-corrected chi connectivity index (χ2v) is 5.15. The molecule has 0 aliphatic carbocycles. The van der Waals surface area contributed by atoms with E-state index in [0.29, 0.717) is 25.0 Å². The summed E-state index contributed by atoms with van der Waals surface area (Å²) in [6.07, 6.45) is 1.19. The Hall–Kier alpha value is -0.610. The van der Waals surface area contributed by atoms with E-state index in [1.54, 1.807) is 7.11 Å². The first kappa shape index (κ1) is 16.4. The average molecular weight is 244 g/mol. The van der Waals surface area contributed by atoms with Crippen LogP contribution in [0, 0.1) is 11.8 Å². The summed E-state index contributed by atoms with van der Waals surface area (Å²) in [6, 6.07) is -0.138. The lowest BCUT2D eigenvalue weighted by molar-refractivity contribution is -0.122. The van der Waals surface area contributed by atoms with Gasteiger partial charge in [0.25, 0.3) is 0 Å². The van der Waals surface area contributed by atoms with E-state index in [1.807, 2.05) is 6.92 Å². The number of nitrogens with one attached hydrogen (secondary N) is 2. The summed E-state index contributed by atoms with van der Waals surface area (Å²) in [6.45, 7) is 10.6. The van der Waals surface area contributed by atoms with Gasteiger partial charge in [-0.15, -0.1) is 0 Å². The minimum Gasteiger partial charge on any atom is -0.383 e. The highest BCUT2D eigenvalue weighted by molar-refractivity contribution is 5.81. The smallest absolute Gasteiger partial charge is 0.236 e. The van der Waals surface area contributed by atoms with Crippen molar-refractivity contribution in [2.24, 2.45) is 11.8 Å². The molecule has 4 nitrogen and oxygen atoms in total. The standard InChI is InChI=1S/C13H28N2O2/c1-10(2)8-11(3)9-15-12(4)13(16)14-6-7-17-5/h10-12,15H,6-9H2,1-5H3,(H,14,16). The van der Waals surface area contributed by atoms with Crippen LogP contribution in [0.2, 0.25) is 0 Å². The number of methoxy groups -OCH3 is 1. The zero-order valence-electron chi connectivity index (χ0n) is 11.9. The van der Waals surface area contributed by atoms with Crippen LogP contribution in [0.3, 0.4) is 0 Å². The third-order valence-corrected chi connectivity index (χ3v) is 2.64. The Bertz CT molecular complexity index is 208. The van der Waals surface area contributed by atoms with Crippen molar-refractivity contribution in [2.75, 3.05) is 26.8 Å². The quantitative estimate of drug-likeness (QED) is 0.603. The fraction of sp³-hybridized carbons (Fsp3) is 0.923. The zero-order chi connectivity index (χ0) is 13.3. The maximum Gasteiger partial charge on any atom is 0.236 e. The predicted octanol–water partition coefficient (Wildman–Crippen LogP) is 1.41. The van der Waals surface area contributed by atoms with E-state index in [2.05, 4.69) is 31.4 Å². The van der Waals surface area contributed by atoms with Crippen LogP contribution < -0.4 is 10.6 Å². The fourth-order valence-electron chi connectivity index (χ4n) is 1.79. The van der Waals surface area contributed by atoms with E-state index in [0.717, 1.165) is 6.54 Å². The highest BCUT2D eigenvalue weighted by Crippen LogP contribution is 2.09. The molecule has 0 aromatic heterocycles. The monoisotopic (exact) mass is 244 g/mol. The minimum atomic E-state index is -0.138. The van der Waals surface area contributed by atoms with Gasteiger partial charge in [0.2, 0.25) is 5.91 Å². The number of carbonyl (C=O) groups excluding carboxylic acids is 1. The minimum absolute atomic E-state index is 0.0406. The molecule has 0 aromatic carbocycles. The first-order valence-corrected chi connectivity index (χ1v) is 6.47. The predicted molar refractivity (Wildman–Crippen MR) is 71.0 cm³/mol. The van der Waals surface area contributed by atoms with Gasteiger partial charge in [0, 0.05) is 13.7 Å². The topological polar surface area (TPSA) is 50.4 Å². The summed E-state index contributed by atoms with van der Waals surface area (Å²) in [7, 11) is 1.63. The van der Waals surface area contributed by atoms with E-state index in [-0.39, 0.29) is 11.9 Å². The Morgan fingerprint density at radius 1 is 1.24 bits per heavy atom. The van der Waals surface area contributed by atoms with E-state index in [4.69, 9.17) is 4.74 Å². The lowest BCUT2D eigenvalue weighted by Crippen LogP contribution is -2.44. The van der Waals surface area contributed by atoms with Crippen LogP contribution in [0.1, 0.15) is 34.1 Å². The van der Waals surface area contributed by atoms with Crippen LogP contribution >= 0.6 is 0 Å². The van der Waals surface area contributed by atoms with Gasteiger partial charge in [-0.25, -0.2) is 0 Å². The van der Waals surface area contributed by atoms with Gasteiger partial charge < -0.3 is 15.4 Å². The lowest BCUT2D eigenvalue weighted by atomic mass is 9.99. The van der Waals surface area contributed by atoms with Gasteiger partial charge in [-0.05, 0) is 31.7 Å². The molecule has 0 fully saturated rings. The molecule has 17 heavy (non-hydrogen) atoms. The third kappa shape index (κ3) is 9.12. The molecule has 0 saturated heterocycles. The van der Waals surface area contributed by atoms with Gasteiger partial charge in [-0.1, -0.05) is 20.8 Å². The largest absolute Gasteiger partial charge is 0.383 e. The number of carbonyl (C=O) groups is 1. The van der Waals surface area contributed by atoms with E-state index in [9.17, 15) is 4.79 Å². The van der Waals surface area contributed by atoms with Gasteiger partial charge in [0.05, 0.1) is 12.6 Å². The van der Waals surface area contributed by atoms with Crippen LogP contribution in [0.4, 0.5) is 0 Å². The molecule has 0 rings (SSSR count). The molecule has 0 heterocycles. The summed E-state index contributed by atoms with van der Waals surface area (Å²) >= 11 is 0. The molecule has 0 saturated carbocycles. The third-order valence-electron chi connectivity index (χ3n) is 2.64. The Balaban J connectivity index is 3.69. The lowest BCUT2D eigenvalue weighted by Gasteiger charge is -2.18. The van der Waals surface area contributed by atoms with Crippen molar-refractivity contribution < 1.29 is 9.53 Å². The maximum absolute atomic E-state index is 11.6. The highest BCUT2D eigenvalue weighted by atomic mass is 16.5. The van der Waals surface area contributed by atoms with E-state index < -0.39 is 0 Å². The van der Waals surface area contributed by atoms with Crippen LogP contribution in [-0.2, 0) is 9.53 Å². The van der Waals surface area contributed by atoms with Crippen molar-refractivity contribution in [1.82, 2.24) is 10.6 Å². The molecule has 0 aromatic rings. The molecule has 2 atom stereocenters. The van der Waals surface area contributed by atoms with Gasteiger partial charge >= 0.3 is 0 Å². The summed E-state index contributed by atoms with van der Waals surface area (Å²) in [5.41, 5.74) is 0. The van der Waals surface area contributed by atoms with Crippen molar-refractivity contribution in [1.29, 1.82) is 0 Å². The molecular formula is C13H28N2O2. The van der Waals surface area contributed by atoms with Crippen LogP contribution in [0.25, 0.3) is 0 Å². The van der Waals surface area contributed by atoms with E-state index in [1.165, 1.54) is 6.42 Å². The first-order chi connectivity index (χ1) is 7.97. The molecule has 0 spiro atoms. The van der Waals surface area contributed by atoms with Crippen LogP contribution in [0.15, 0.2) is 0 Å². The summed E-state index contributed by atoms with van der Waals surface area (Å²) in [5.74, 6) is 1.35. The summed E-state index contributed by atoms with van der Waals surface area (Å²) < 4.78 is 4.88. The molecule has 0 radical (unpaired) electrons. The fourth-order valence-corrected chi connectivity index (χ4v) is 1.79. The average Bonchev–Trinajstić information content (AvgIpc) is 2.25. The van der Waals surface area contributed by atoms with Crippen molar-refractivity contribution in [3.8, 4) is 0 Å². The zero-order valence-corrected chi connectivity index (χ0v) is 11.9. The molecule has 0 bridgehead atoms. The number of hydrogen-bond donors (Lipinski definition) is 2. The normalized spacial score (nSPS) is 14.7. The molecule has 0 aliphatic heterocycles. The van der Waals surface area contributed by atoms with Crippen molar-refractivity contribution in [2.45, 2.75) is 40.2 Å². The highest BCUT2D eigenvalue weighted by Gasteiger charge is 2.13. The number of rotatable bonds is 9. The summed E-state index contributed by atoms with van der Waals surface area (Å²) in [4.78, 5) is 11.6. The second kappa shape index (κ2) is 9.42. The second-order valence-electron chi connectivity index (χ2n) is 5.15. The van der Waals surface area contributed by atoms with Crippen molar-refractivity contribution in [3.05, 3.63) is 0 Å². The van der Waals surface area contributed by atoms with Gasteiger partial charge in [0.15, 0.2) is 0 Å². The molecule has 2 unspecified atom stereocenters. The number of amides is 1. The van der Waals surface area contributed by atoms with Crippen LogP contribution in [0.5, 0.6) is 0 Å². The van der Waals surface area contributed by atoms with Crippen molar-refractivity contribution in [3.63, 3.8) is 0 Å². The molecular weight excluding hydrogens is 216 g/mol. The van der Waals surface area contributed by atoms with Crippen molar-refractivity contribution >= 4 is 5.91 Å². The number of hydrogen-bond acceptors (Lipinski definition) is 3. The van der Waals surface area contributed by atoms with E-state index >= 15 is 0 Å². The molecule has 4 heteroatoms. The Labute approximate surface area is 105 Å². The Morgan fingerprint density at radius 2 is 1.88 bits per heavy atom. The summed E-state index contributed by atoms with van der Waals surface area (Å²) in [5, 5.41) is 6.08.